The van der Waals surface area contributed by atoms with Crippen LogP contribution in [0.5, 0.6) is 5.75 Å². The summed E-state index contributed by atoms with van der Waals surface area (Å²) in [5.74, 6) is -1.45. The van der Waals surface area contributed by atoms with Crippen LogP contribution in [0.1, 0.15) is 12.0 Å². The molecule has 0 fully saturated rings. The molecule has 0 unspecified atom stereocenters. The van der Waals surface area contributed by atoms with Crippen LogP contribution >= 0.6 is 0 Å². The number of para-hydroxylation sites is 1. The highest BCUT2D eigenvalue weighted by atomic mass is 19.4. The number of halogens is 3. The molecule has 1 aromatic rings. The van der Waals surface area contributed by atoms with Gasteiger partial charge in [0.25, 0.3) is 0 Å². The fraction of sp³-hybridized carbons (Fsp3) is 0.385. The average Bonchev–Trinajstić information content (AvgIpc) is 2.41. The van der Waals surface area contributed by atoms with Crippen LogP contribution in [0, 0.1) is 0 Å². The van der Waals surface area contributed by atoms with Crippen LogP contribution in [-0.4, -0.2) is 42.0 Å². The number of carbonyl (C=O) groups is 2. The van der Waals surface area contributed by atoms with Gasteiger partial charge in [0.2, 0.25) is 0 Å². The summed E-state index contributed by atoms with van der Waals surface area (Å²) in [6.45, 7) is -0.190. The second-order valence-electron chi connectivity index (χ2n) is 4.38. The van der Waals surface area contributed by atoms with Crippen LogP contribution in [0.4, 0.5) is 18.0 Å². The number of nitrogens with zero attached hydrogens (tertiary/aromatic N) is 1. The summed E-state index contributed by atoms with van der Waals surface area (Å²) in [7, 11) is 1.39. The highest BCUT2D eigenvalue weighted by Crippen LogP contribution is 2.26. The first-order valence-corrected chi connectivity index (χ1v) is 6.23. The summed E-state index contributed by atoms with van der Waals surface area (Å²) >= 11 is 0. The van der Waals surface area contributed by atoms with Gasteiger partial charge in [0, 0.05) is 25.7 Å². The molecule has 2 N–H and O–H groups in total. The van der Waals surface area contributed by atoms with E-state index in [2.05, 4.69) is 10.1 Å². The molecule has 2 amide bonds. The third-order valence-electron chi connectivity index (χ3n) is 2.64. The maximum absolute atomic E-state index is 12.3. The molecule has 0 spiro atoms. The van der Waals surface area contributed by atoms with E-state index in [0.29, 0.717) is 0 Å². The number of hydrogen-bond donors (Lipinski definition) is 2. The fourth-order valence-corrected chi connectivity index (χ4v) is 1.54. The Bertz CT molecular complexity index is 534. The van der Waals surface area contributed by atoms with Gasteiger partial charge in [0.1, 0.15) is 5.75 Å². The monoisotopic (exact) mass is 320 g/mol. The molecule has 0 heterocycles. The van der Waals surface area contributed by atoms with E-state index >= 15 is 0 Å². The minimum Gasteiger partial charge on any atom is -0.481 e. The molecule has 0 aliphatic heterocycles. The van der Waals surface area contributed by atoms with Crippen molar-refractivity contribution in [1.29, 1.82) is 0 Å². The molecule has 0 radical (unpaired) electrons. The largest absolute Gasteiger partial charge is 0.573 e. The molecule has 1 rings (SSSR count). The topological polar surface area (TPSA) is 78.9 Å². The van der Waals surface area contributed by atoms with Crippen molar-refractivity contribution in [2.24, 2.45) is 0 Å². The molecular formula is C13H15F3N2O4. The number of urea groups is 1. The number of rotatable bonds is 6. The van der Waals surface area contributed by atoms with E-state index in [-0.39, 0.29) is 25.1 Å². The van der Waals surface area contributed by atoms with Crippen LogP contribution in [0.25, 0.3) is 0 Å². The first kappa shape index (κ1) is 17.6. The van der Waals surface area contributed by atoms with Gasteiger partial charge in [-0.05, 0) is 6.07 Å². The quantitative estimate of drug-likeness (QED) is 0.842. The molecule has 6 nitrogen and oxygen atoms in total. The Morgan fingerprint density at radius 1 is 1.32 bits per heavy atom. The third kappa shape index (κ3) is 6.33. The Morgan fingerprint density at radius 3 is 2.55 bits per heavy atom. The highest BCUT2D eigenvalue weighted by Gasteiger charge is 2.32. The summed E-state index contributed by atoms with van der Waals surface area (Å²) in [5.41, 5.74) is 0.153. The summed E-state index contributed by atoms with van der Waals surface area (Å²) < 4.78 is 40.6. The predicted molar refractivity (Wildman–Crippen MR) is 70.2 cm³/mol. The smallest absolute Gasteiger partial charge is 0.481 e. The van der Waals surface area contributed by atoms with E-state index in [1.807, 2.05) is 0 Å². The number of alkyl halides is 3. The van der Waals surface area contributed by atoms with Crippen molar-refractivity contribution in [2.75, 3.05) is 13.6 Å². The minimum atomic E-state index is -4.82. The summed E-state index contributed by atoms with van der Waals surface area (Å²) in [5, 5.41) is 10.9. The second-order valence-corrected chi connectivity index (χ2v) is 4.38. The normalized spacial score (nSPS) is 10.9. The van der Waals surface area contributed by atoms with E-state index in [1.54, 1.807) is 0 Å². The number of nitrogens with one attached hydrogen (secondary N) is 1. The Hall–Kier alpha value is -2.45. The number of benzene rings is 1. The summed E-state index contributed by atoms with van der Waals surface area (Å²) in [6, 6.07) is 4.83. The van der Waals surface area contributed by atoms with Crippen molar-refractivity contribution in [3.8, 4) is 5.75 Å². The van der Waals surface area contributed by atoms with E-state index in [1.165, 1.54) is 25.2 Å². The maximum Gasteiger partial charge on any atom is 0.573 e. The van der Waals surface area contributed by atoms with Gasteiger partial charge >= 0.3 is 18.4 Å². The molecule has 0 saturated carbocycles. The van der Waals surface area contributed by atoms with Gasteiger partial charge in [0.05, 0.1) is 6.42 Å². The Labute approximate surface area is 124 Å². The first-order chi connectivity index (χ1) is 10.2. The zero-order valence-electron chi connectivity index (χ0n) is 11.7. The Balaban J connectivity index is 2.60. The van der Waals surface area contributed by atoms with Gasteiger partial charge in [0.15, 0.2) is 0 Å². The van der Waals surface area contributed by atoms with Crippen molar-refractivity contribution in [3.63, 3.8) is 0 Å². The molecule has 1 aromatic carbocycles. The van der Waals surface area contributed by atoms with E-state index < -0.39 is 24.1 Å². The Morgan fingerprint density at radius 2 is 1.95 bits per heavy atom. The lowest BCUT2D eigenvalue weighted by Gasteiger charge is -2.18. The van der Waals surface area contributed by atoms with Crippen LogP contribution in [-0.2, 0) is 11.3 Å². The number of aliphatic carboxylic acids is 1. The zero-order valence-corrected chi connectivity index (χ0v) is 11.7. The summed E-state index contributed by atoms with van der Waals surface area (Å²) in [4.78, 5) is 23.2. The van der Waals surface area contributed by atoms with E-state index in [9.17, 15) is 22.8 Å². The van der Waals surface area contributed by atoms with Gasteiger partial charge in [-0.1, -0.05) is 18.2 Å². The van der Waals surface area contributed by atoms with Crippen LogP contribution < -0.4 is 10.1 Å². The van der Waals surface area contributed by atoms with Gasteiger partial charge in [-0.25, -0.2) is 4.79 Å². The third-order valence-corrected chi connectivity index (χ3v) is 2.64. The number of carboxylic acid groups (broad SMARTS) is 1. The van der Waals surface area contributed by atoms with Gasteiger partial charge in [-0.2, -0.15) is 0 Å². The maximum atomic E-state index is 12.3. The second kappa shape index (κ2) is 7.53. The number of carbonyl (C=O) groups excluding carboxylic acids is 1. The lowest BCUT2D eigenvalue weighted by molar-refractivity contribution is -0.274. The fourth-order valence-electron chi connectivity index (χ4n) is 1.54. The highest BCUT2D eigenvalue weighted by molar-refractivity contribution is 5.75. The predicted octanol–water partition coefficient (Wildman–Crippen LogP) is 2.20. The SMILES string of the molecule is CN(CCC(=O)O)C(=O)NCc1ccccc1OC(F)(F)F. The van der Waals surface area contributed by atoms with Crippen LogP contribution in [0.15, 0.2) is 24.3 Å². The minimum absolute atomic E-state index is 0.0120. The van der Waals surface area contributed by atoms with E-state index in [4.69, 9.17) is 5.11 Å². The number of ether oxygens (including phenoxy) is 1. The van der Waals surface area contributed by atoms with Crippen molar-refractivity contribution in [2.45, 2.75) is 19.3 Å². The molecule has 0 atom stereocenters. The standard InChI is InChI=1S/C13H15F3N2O4/c1-18(7-6-11(19)20)12(21)17-8-9-4-2-3-5-10(9)22-13(14,15)16/h2-5H,6-8H2,1H3,(H,17,21)(H,19,20). The molecule has 22 heavy (non-hydrogen) atoms. The lowest BCUT2D eigenvalue weighted by atomic mass is 10.2. The molecule has 0 saturated heterocycles. The van der Waals surface area contributed by atoms with Crippen molar-refractivity contribution < 1.29 is 32.6 Å². The van der Waals surface area contributed by atoms with E-state index in [0.717, 1.165) is 11.0 Å². The molecule has 0 aromatic heterocycles. The number of hydrogen-bond acceptors (Lipinski definition) is 3. The van der Waals surface area contributed by atoms with Crippen LogP contribution in [0.2, 0.25) is 0 Å². The average molecular weight is 320 g/mol. The Kier molecular flexibility index (Phi) is 6.02. The molecule has 0 bridgehead atoms. The molecule has 122 valence electrons. The number of amides is 2. The van der Waals surface area contributed by atoms with Gasteiger partial charge in [-0.3, -0.25) is 4.79 Å². The molecular weight excluding hydrogens is 305 g/mol. The summed E-state index contributed by atoms with van der Waals surface area (Å²) in [6.07, 6.45) is -5.05. The van der Waals surface area contributed by atoms with Gasteiger partial charge in [-0.15, -0.1) is 13.2 Å². The number of carboxylic acids is 1. The van der Waals surface area contributed by atoms with Crippen LogP contribution in [0.3, 0.4) is 0 Å². The molecule has 9 heteroatoms. The van der Waals surface area contributed by atoms with Crippen molar-refractivity contribution >= 4 is 12.0 Å². The zero-order chi connectivity index (χ0) is 16.8. The molecule has 0 aliphatic carbocycles. The van der Waals surface area contributed by atoms with Gasteiger partial charge < -0.3 is 20.1 Å². The first-order valence-electron chi connectivity index (χ1n) is 6.23. The van der Waals surface area contributed by atoms with Crippen molar-refractivity contribution in [3.05, 3.63) is 29.8 Å². The lowest BCUT2D eigenvalue weighted by Crippen LogP contribution is -2.38. The van der Waals surface area contributed by atoms with Crippen molar-refractivity contribution in [1.82, 2.24) is 10.2 Å². The molecule has 0 aliphatic rings.